The maximum Gasteiger partial charge on any atom is 0.406 e. The second-order valence-corrected chi connectivity index (χ2v) is 8.55. The van der Waals surface area contributed by atoms with E-state index in [9.17, 15) is 31.1 Å². The van der Waals surface area contributed by atoms with Gasteiger partial charge in [0.15, 0.2) is 0 Å². The van der Waals surface area contributed by atoms with Crippen LogP contribution < -0.4 is 15.7 Å². The predicted molar refractivity (Wildman–Crippen MR) is 125 cm³/mol. The van der Waals surface area contributed by atoms with Crippen molar-refractivity contribution in [1.82, 2.24) is 19.4 Å². The summed E-state index contributed by atoms with van der Waals surface area (Å²) in [6.07, 6.45) is -2.67. The zero-order valence-corrected chi connectivity index (χ0v) is 20.0. The fourth-order valence-corrected chi connectivity index (χ4v) is 3.98. The van der Waals surface area contributed by atoms with Gasteiger partial charge >= 0.3 is 12.8 Å². The zero-order valence-electron chi connectivity index (χ0n) is 20.0. The lowest BCUT2D eigenvalue weighted by Gasteiger charge is -2.34. The second-order valence-electron chi connectivity index (χ2n) is 8.55. The number of hydrogen-bond donors (Lipinski definition) is 1. The quantitative estimate of drug-likeness (QED) is 0.342. The molecule has 1 aliphatic rings. The third kappa shape index (κ3) is 6.34. The molecule has 38 heavy (non-hydrogen) atoms. The van der Waals surface area contributed by atoms with Crippen LogP contribution in [0.5, 0.6) is 0 Å². The molecule has 15 heteroatoms. The van der Waals surface area contributed by atoms with Crippen LogP contribution >= 0.6 is 0 Å². The Hall–Kier alpha value is -3.85. The third-order valence-electron chi connectivity index (χ3n) is 5.82. The molecule has 1 saturated heterocycles. The van der Waals surface area contributed by atoms with E-state index < -0.39 is 42.7 Å². The summed E-state index contributed by atoms with van der Waals surface area (Å²) in [5.41, 5.74) is 4.74. The Morgan fingerprint density at radius 1 is 1.16 bits per heavy atom. The number of rotatable bonds is 8. The second kappa shape index (κ2) is 10.9. The van der Waals surface area contributed by atoms with E-state index in [0.29, 0.717) is 28.4 Å². The summed E-state index contributed by atoms with van der Waals surface area (Å²) in [6.45, 7) is -2.19. The van der Waals surface area contributed by atoms with Gasteiger partial charge in [-0.3, -0.25) is 4.79 Å². The molecule has 0 bridgehead atoms. The molecule has 4 rings (SSSR count). The predicted octanol–water partition coefficient (Wildman–Crippen LogP) is 3.79. The van der Waals surface area contributed by atoms with Crippen LogP contribution in [0.3, 0.4) is 0 Å². The summed E-state index contributed by atoms with van der Waals surface area (Å²) in [7, 11) is 1.95. The summed E-state index contributed by atoms with van der Waals surface area (Å²) in [5, 5.41) is 0.384. The highest BCUT2D eigenvalue weighted by Gasteiger charge is 2.30. The Morgan fingerprint density at radius 3 is 2.50 bits per heavy atom. The van der Waals surface area contributed by atoms with Crippen molar-refractivity contribution in [3.8, 4) is 11.4 Å². The number of carbonyl (C=O) groups is 1. The molecule has 0 saturated carbocycles. The van der Waals surface area contributed by atoms with Gasteiger partial charge in [0.25, 0.3) is 5.95 Å². The average molecular weight is 543 g/mol. The summed E-state index contributed by atoms with van der Waals surface area (Å²) in [5.74, 6) is -2.47. The average Bonchev–Trinajstić information content (AvgIpc) is 3.26. The molecule has 204 valence electrons. The molecule has 0 unspecified atom stereocenters. The smallest absolute Gasteiger partial charge is 0.369 e. The number of piperazine rings is 1. The minimum atomic E-state index is -4.66. The van der Waals surface area contributed by atoms with E-state index in [1.807, 2.05) is 11.9 Å². The molecule has 0 aliphatic carbocycles. The number of benzene rings is 1. The van der Waals surface area contributed by atoms with Crippen LogP contribution in [0.1, 0.15) is 10.4 Å². The lowest BCUT2D eigenvalue weighted by molar-refractivity contribution is -0.140. The third-order valence-corrected chi connectivity index (χ3v) is 5.82. The number of nitrogens with zero attached hydrogens (tertiary/aromatic N) is 6. The Balaban J connectivity index is 1.76. The Morgan fingerprint density at radius 2 is 1.87 bits per heavy atom. The van der Waals surface area contributed by atoms with Crippen LogP contribution in [0, 0.1) is 5.82 Å². The molecule has 9 nitrogen and oxygen atoms in total. The minimum absolute atomic E-state index is 0.176. The van der Waals surface area contributed by atoms with Crippen molar-refractivity contribution >= 4 is 23.2 Å². The number of likely N-dealkylation sites (N-methyl/N-ethyl adjacent to an activating group) is 1. The van der Waals surface area contributed by atoms with Gasteiger partial charge in [-0.15, -0.1) is 0 Å². The van der Waals surface area contributed by atoms with Crippen LogP contribution in [0.2, 0.25) is 0 Å². The molecule has 0 spiro atoms. The van der Waals surface area contributed by atoms with Gasteiger partial charge in [-0.05, 0) is 37.4 Å². The molecule has 0 radical (unpaired) electrons. The maximum absolute atomic E-state index is 14.9. The molecule has 1 aromatic carbocycles. The summed E-state index contributed by atoms with van der Waals surface area (Å²) in [6, 6.07) is 6.16. The highest BCUT2D eigenvalue weighted by atomic mass is 19.4. The monoisotopic (exact) mass is 543 g/mol. The number of amides is 1. The van der Waals surface area contributed by atoms with Gasteiger partial charge in [-0.2, -0.15) is 31.9 Å². The van der Waals surface area contributed by atoms with Crippen molar-refractivity contribution in [3.63, 3.8) is 0 Å². The molecule has 3 aromatic rings. The summed E-state index contributed by atoms with van der Waals surface area (Å²) >= 11 is 0. The fraction of sp³-hybridized carbons (Fsp3) is 0.348. The molecule has 2 N–H and O–H groups in total. The first-order valence-corrected chi connectivity index (χ1v) is 11.3. The van der Waals surface area contributed by atoms with Gasteiger partial charge in [-0.25, -0.2) is 14.4 Å². The molecule has 1 fully saturated rings. The summed E-state index contributed by atoms with van der Waals surface area (Å²) in [4.78, 5) is 28.1. The van der Waals surface area contributed by atoms with Crippen molar-refractivity contribution in [3.05, 3.63) is 54.1 Å². The van der Waals surface area contributed by atoms with E-state index in [1.165, 1.54) is 18.2 Å². The first-order chi connectivity index (χ1) is 17.9. The molecule has 3 heterocycles. The van der Waals surface area contributed by atoms with E-state index in [2.05, 4.69) is 19.7 Å². The topological polar surface area (TPSA) is 92.8 Å². The van der Waals surface area contributed by atoms with E-state index in [0.717, 1.165) is 37.6 Å². The Labute approximate surface area is 213 Å². The van der Waals surface area contributed by atoms with Crippen molar-refractivity contribution in [2.24, 2.45) is 5.73 Å². The van der Waals surface area contributed by atoms with Gasteiger partial charge < -0.3 is 20.1 Å². The van der Waals surface area contributed by atoms with Crippen LogP contribution in [0.15, 0.2) is 42.7 Å². The molecular formula is C23H23F6N7O2. The largest absolute Gasteiger partial charge is 0.406 e. The number of alkyl halides is 5. The van der Waals surface area contributed by atoms with Crippen molar-refractivity contribution < 1.29 is 36.0 Å². The van der Waals surface area contributed by atoms with Crippen LogP contribution in [0.25, 0.3) is 11.4 Å². The maximum atomic E-state index is 14.9. The number of nitrogens with two attached hydrogens (primary N) is 1. The molecule has 1 aliphatic heterocycles. The van der Waals surface area contributed by atoms with Crippen LogP contribution in [-0.4, -0.2) is 71.4 Å². The number of anilines is 3. The highest BCUT2D eigenvalue weighted by molar-refractivity contribution is 5.94. The Kier molecular flexibility index (Phi) is 7.78. The van der Waals surface area contributed by atoms with Gasteiger partial charge in [0.05, 0.1) is 17.0 Å². The molecule has 2 aromatic heterocycles. The van der Waals surface area contributed by atoms with E-state index >= 15 is 0 Å². The zero-order chi connectivity index (χ0) is 27.6. The van der Waals surface area contributed by atoms with Crippen molar-refractivity contribution in [2.45, 2.75) is 19.3 Å². The minimum Gasteiger partial charge on any atom is -0.369 e. The lowest BCUT2D eigenvalue weighted by Crippen LogP contribution is -2.44. The van der Waals surface area contributed by atoms with Gasteiger partial charge in [-0.1, -0.05) is 0 Å². The number of carbonyl (C=O) groups excluding carboxylic acids is 1. The number of primary amides is 1. The van der Waals surface area contributed by atoms with E-state index in [1.54, 1.807) is 0 Å². The first kappa shape index (κ1) is 27.2. The lowest BCUT2D eigenvalue weighted by atomic mass is 10.2. The first-order valence-electron chi connectivity index (χ1n) is 11.3. The Bertz CT molecular complexity index is 1290. The summed E-state index contributed by atoms with van der Waals surface area (Å²) < 4.78 is 81.9. The number of hydrogen-bond acceptors (Lipinski definition) is 7. The number of halogens is 6. The van der Waals surface area contributed by atoms with Gasteiger partial charge in [0.2, 0.25) is 5.91 Å². The highest BCUT2D eigenvalue weighted by Crippen LogP contribution is 2.33. The van der Waals surface area contributed by atoms with E-state index in [-0.39, 0.29) is 17.0 Å². The van der Waals surface area contributed by atoms with Gasteiger partial charge in [0, 0.05) is 44.3 Å². The van der Waals surface area contributed by atoms with Crippen molar-refractivity contribution in [1.29, 1.82) is 0 Å². The SMILES string of the molecule is CN1CCN(c2ccc(F)c(N(OC(F)F)c3nccc(-c4cc(C(N)=O)cn4CC(F)(F)F)n3)c2)CC1. The van der Waals surface area contributed by atoms with Crippen LogP contribution in [0.4, 0.5) is 43.7 Å². The molecule has 0 atom stereocenters. The van der Waals surface area contributed by atoms with Crippen LogP contribution in [-0.2, 0) is 11.4 Å². The van der Waals surface area contributed by atoms with Gasteiger partial charge in [0.1, 0.15) is 18.0 Å². The molecular weight excluding hydrogens is 520 g/mol. The molecule has 1 amide bonds. The fourth-order valence-electron chi connectivity index (χ4n) is 3.98. The number of aromatic nitrogens is 3. The van der Waals surface area contributed by atoms with Crippen molar-refractivity contribution in [2.75, 3.05) is 43.2 Å². The van der Waals surface area contributed by atoms with E-state index in [4.69, 9.17) is 5.73 Å². The normalized spacial score (nSPS) is 14.8. The standard InChI is InChI=1S/C23H23F6N7O2/c1-33-6-8-34(9-7-33)15-2-3-16(24)18(11-15)36(38-21(25)26)22-31-5-4-17(32-22)19-10-14(20(30)37)12-35(19)13-23(27,28)29/h2-5,10-12,21H,6-9,13H2,1H3,(H2,30,37).